The summed E-state index contributed by atoms with van der Waals surface area (Å²) < 4.78 is 15.5. The Hall–Kier alpha value is -2.21. The number of rotatable bonds is 4. The fourth-order valence-electron chi connectivity index (χ4n) is 1.90. The van der Waals surface area contributed by atoms with Gasteiger partial charge >= 0.3 is 0 Å². The molecule has 4 nitrogen and oxygen atoms in total. The Morgan fingerprint density at radius 3 is 2.71 bits per heavy atom. The van der Waals surface area contributed by atoms with Gasteiger partial charge in [0, 0.05) is 29.0 Å². The summed E-state index contributed by atoms with van der Waals surface area (Å²) in [5.74, 6) is -0.255. The highest BCUT2D eigenvalue weighted by molar-refractivity contribution is 9.10. The van der Waals surface area contributed by atoms with Crippen molar-refractivity contribution in [2.75, 3.05) is 5.32 Å². The Balaban J connectivity index is 1.69. The van der Waals surface area contributed by atoms with Crippen LogP contribution in [-0.4, -0.2) is 14.8 Å². The van der Waals surface area contributed by atoms with Crippen LogP contribution in [-0.2, 0) is 6.54 Å². The highest BCUT2D eigenvalue weighted by Gasteiger charge is 2.02. The number of pyridine rings is 1. The van der Waals surface area contributed by atoms with E-state index in [0.717, 1.165) is 21.4 Å². The molecule has 3 rings (SSSR count). The zero-order chi connectivity index (χ0) is 14.7. The van der Waals surface area contributed by atoms with E-state index in [0.29, 0.717) is 6.54 Å². The normalized spacial score (nSPS) is 10.6. The lowest BCUT2D eigenvalue weighted by molar-refractivity contribution is 0.627. The quantitative estimate of drug-likeness (QED) is 0.781. The van der Waals surface area contributed by atoms with Crippen LogP contribution in [0.15, 0.2) is 59.6 Å². The van der Waals surface area contributed by atoms with Crippen LogP contribution in [0.2, 0.25) is 0 Å². The molecule has 0 saturated heterocycles. The first-order valence-electron chi connectivity index (χ1n) is 6.34. The topological polar surface area (TPSA) is 42.7 Å². The van der Waals surface area contributed by atoms with Gasteiger partial charge in [-0.2, -0.15) is 5.10 Å². The molecular formula is C15H12BrFN4. The summed E-state index contributed by atoms with van der Waals surface area (Å²) in [5, 5.41) is 7.55. The molecule has 0 radical (unpaired) electrons. The zero-order valence-corrected chi connectivity index (χ0v) is 12.6. The predicted molar refractivity (Wildman–Crippen MR) is 82.8 cm³/mol. The Bertz CT molecular complexity index is 739. The minimum Gasteiger partial charge on any atom is -0.380 e. The summed E-state index contributed by atoms with van der Waals surface area (Å²) in [6, 6.07) is 8.18. The Kier molecular flexibility index (Phi) is 3.96. The zero-order valence-electron chi connectivity index (χ0n) is 11.0. The van der Waals surface area contributed by atoms with E-state index in [4.69, 9.17) is 0 Å². The summed E-state index contributed by atoms with van der Waals surface area (Å²) >= 11 is 3.38. The lowest BCUT2D eigenvalue weighted by Crippen LogP contribution is -1.99. The standard InChI is InChI=1S/C15H12BrFN4/c16-12-5-14(9-18-8-12)19-6-11-7-20-21(10-11)15-3-1-13(17)2-4-15/h1-5,7-10,19H,6H2. The van der Waals surface area contributed by atoms with Gasteiger partial charge in [-0.1, -0.05) is 0 Å². The average molecular weight is 347 g/mol. The largest absolute Gasteiger partial charge is 0.380 e. The second kappa shape index (κ2) is 6.05. The molecule has 0 unspecified atom stereocenters. The molecule has 0 amide bonds. The minimum atomic E-state index is -0.255. The molecule has 1 aromatic carbocycles. The van der Waals surface area contributed by atoms with Crippen molar-refractivity contribution < 1.29 is 4.39 Å². The highest BCUT2D eigenvalue weighted by Crippen LogP contribution is 2.15. The summed E-state index contributed by atoms with van der Waals surface area (Å²) in [6.45, 7) is 0.638. The van der Waals surface area contributed by atoms with Crippen LogP contribution in [0, 0.1) is 5.82 Å². The Morgan fingerprint density at radius 1 is 1.14 bits per heavy atom. The number of nitrogens with one attached hydrogen (secondary N) is 1. The third-order valence-corrected chi connectivity index (χ3v) is 3.36. The van der Waals surface area contributed by atoms with Gasteiger partial charge in [0.05, 0.1) is 23.8 Å². The van der Waals surface area contributed by atoms with Crippen molar-refractivity contribution in [1.29, 1.82) is 0 Å². The smallest absolute Gasteiger partial charge is 0.123 e. The number of nitrogens with zero attached hydrogens (tertiary/aromatic N) is 3. The first-order valence-corrected chi connectivity index (χ1v) is 7.14. The molecule has 2 aromatic heterocycles. The van der Waals surface area contributed by atoms with Crippen molar-refractivity contribution in [2.24, 2.45) is 0 Å². The average Bonchev–Trinajstić information content (AvgIpc) is 2.95. The van der Waals surface area contributed by atoms with Gasteiger partial charge in [-0.3, -0.25) is 4.98 Å². The molecule has 3 aromatic rings. The first-order chi connectivity index (χ1) is 10.2. The number of benzene rings is 1. The maximum atomic E-state index is 12.9. The molecule has 0 bridgehead atoms. The monoisotopic (exact) mass is 346 g/mol. The maximum absolute atomic E-state index is 12.9. The van der Waals surface area contributed by atoms with E-state index < -0.39 is 0 Å². The highest BCUT2D eigenvalue weighted by atomic mass is 79.9. The van der Waals surface area contributed by atoms with E-state index in [2.05, 4.69) is 31.3 Å². The molecule has 0 aliphatic carbocycles. The molecule has 0 atom stereocenters. The molecule has 0 aliphatic heterocycles. The molecule has 0 saturated carbocycles. The van der Waals surface area contributed by atoms with E-state index >= 15 is 0 Å². The number of halogens is 2. The van der Waals surface area contributed by atoms with E-state index in [1.54, 1.807) is 35.4 Å². The molecule has 2 heterocycles. The van der Waals surface area contributed by atoms with Gasteiger partial charge in [0.15, 0.2) is 0 Å². The third kappa shape index (κ3) is 3.46. The van der Waals surface area contributed by atoms with Gasteiger partial charge in [0.2, 0.25) is 0 Å². The van der Waals surface area contributed by atoms with Crippen LogP contribution < -0.4 is 5.32 Å². The lowest BCUT2D eigenvalue weighted by atomic mass is 10.3. The predicted octanol–water partition coefficient (Wildman–Crippen LogP) is 3.78. The molecule has 106 valence electrons. The number of aromatic nitrogens is 3. The van der Waals surface area contributed by atoms with Gasteiger partial charge in [0.1, 0.15) is 5.82 Å². The van der Waals surface area contributed by atoms with E-state index in [-0.39, 0.29) is 5.82 Å². The lowest BCUT2D eigenvalue weighted by Gasteiger charge is -2.04. The fraction of sp³-hybridized carbons (Fsp3) is 0.0667. The van der Waals surface area contributed by atoms with Gasteiger partial charge < -0.3 is 5.32 Å². The van der Waals surface area contributed by atoms with Crippen LogP contribution in [0.1, 0.15) is 5.56 Å². The number of anilines is 1. The molecule has 21 heavy (non-hydrogen) atoms. The van der Waals surface area contributed by atoms with Gasteiger partial charge in [0.25, 0.3) is 0 Å². The molecule has 0 spiro atoms. The van der Waals surface area contributed by atoms with Crippen LogP contribution in [0.5, 0.6) is 0 Å². The molecule has 1 N–H and O–H groups in total. The van der Waals surface area contributed by atoms with Crippen molar-refractivity contribution in [3.8, 4) is 5.69 Å². The summed E-state index contributed by atoms with van der Waals surface area (Å²) in [6.07, 6.45) is 7.18. The Labute approximate surface area is 129 Å². The SMILES string of the molecule is Fc1ccc(-n2cc(CNc3cncc(Br)c3)cn2)cc1. The molecular weight excluding hydrogens is 335 g/mol. The van der Waals surface area contributed by atoms with Crippen LogP contribution in [0.3, 0.4) is 0 Å². The fourth-order valence-corrected chi connectivity index (χ4v) is 2.26. The van der Waals surface area contributed by atoms with Crippen LogP contribution in [0.25, 0.3) is 5.69 Å². The number of hydrogen-bond donors (Lipinski definition) is 1. The Morgan fingerprint density at radius 2 is 1.95 bits per heavy atom. The van der Waals surface area contributed by atoms with Crippen molar-refractivity contribution in [1.82, 2.24) is 14.8 Å². The second-order valence-corrected chi connectivity index (χ2v) is 5.43. The van der Waals surface area contributed by atoms with Gasteiger partial charge in [-0.25, -0.2) is 9.07 Å². The first kappa shape index (κ1) is 13.8. The number of hydrogen-bond acceptors (Lipinski definition) is 3. The summed E-state index contributed by atoms with van der Waals surface area (Å²) in [5.41, 5.74) is 2.78. The van der Waals surface area contributed by atoms with E-state index in [1.165, 1.54) is 12.1 Å². The van der Waals surface area contributed by atoms with Crippen molar-refractivity contribution in [3.63, 3.8) is 0 Å². The molecule has 0 aliphatic rings. The summed E-state index contributed by atoms with van der Waals surface area (Å²) in [4.78, 5) is 4.09. The van der Waals surface area contributed by atoms with E-state index in [9.17, 15) is 4.39 Å². The molecule has 6 heteroatoms. The van der Waals surface area contributed by atoms with E-state index in [1.807, 2.05) is 12.3 Å². The van der Waals surface area contributed by atoms with Gasteiger partial charge in [-0.15, -0.1) is 0 Å². The van der Waals surface area contributed by atoms with Crippen molar-refractivity contribution >= 4 is 21.6 Å². The third-order valence-electron chi connectivity index (χ3n) is 2.93. The second-order valence-electron chi connectivity index (χ2n) is 4.51. The van der Waals surface area contributed by atoms with Crippen molar-refractivity contribution in [2.45, 2.75) is 6.54 Å². The van der Waals surface area contributed by atoms with Gasteiger partial charge in [-0.05, 0) is 46.3 Å². The van der Waals surface area contributed by atoms with Crippen molar-refractivity contribution in [3.05, 3.63) is 71.0 Å². The maximum Gasteiger partial charge on any atom is 0.123 e. The summed E-state index contributed by atoms with van der Waals surface area (Å²) in [7, 11) is 0. The molecule has 0 fully saturated rings. The van der Waals surface area contributed by atoms with Crippen LogP contribution in [0.4, 0.5) is 10.1 Å². The minimum absolute atomic E-state index is 0.255. The van der Waals surface area contributed by atoms with Crippen LogP contribution >= 0.6 is 15.9 Å².